The van der Waals surface area contributed by atoms with Crippen molar-refractivity contribution in [2.24, 2.45) is 14.1 Å². The second kappa shape index (κ2) is 6.94. The highest BCUT2D eigenvalue weighted by molar-refractivity contribution is 6.25. The van der Waals surface area contributed by atoms with Crippen LogP contribution in [0.1, 0.15) is 25.3 Å². The molecule has 6 rings (SSSR count). The summed E-state index contributed by atoms with van der Waals surface area (Å²) in [6, 6.07) is 11.0. The lowest BCUT2D eigenvalue weighted by Gasteiger charge is -2.08. The van der Waals surface area contributed by atoms with Crippen molar-refractivity contribution in [2.45, 2.75) is 19.8 Å². The molecule has 0 N–H and O–H groups in total. The highest BCUT2D eigenvalue weighted by atomic mass is 16.2. The Morgan fingerprint density at radius 3 is 1.36 bits per heavy atom. The summed E-state index contributed by atoms with van der Waals surface area (Å²) in [4.78, 5) is 79.2. The number of aromatic nitrogens is 3. The first-order valence-corrected chi connectivity index (χ1v) is 11.4. The molecule has 9 nitrogen and oxygen atoms in total. The zero-order chi connectivity index (χ0) is 25.8. The molecule has 6 aromatic rings. The van der Waals surface area contributed by atoms with E-state index in [1.165, 1.54) is 14.1 Å². The predicted octanol–water partition coefficient (Wildman–Crippen LogP) is 1.37. The average Bonchev–Trinajstić information content (AvgIpc) is 3.34. The second-order valence-electron chi connectivity index (χ2n) is 9.48. The van der Waals surface area contributed by atoms with Crippen LogP contribution in [0, 0.1) is 0 Å². The van der Waals surface area contributed by atoms with Crippen LogP contribution in [0.15, 0.2) is 65.2 Å². The Hall–Kier alpha value is -4.66. The third kappa shape index (κ3) is 2.49. The van der Waals surface area contributed by atoms with E-state index in [0.717, 1.165) is 30.0 Å². The van der Waals surface area contributed by atoms with E-state index >= 15 is 0 Å². The van der Waals surface area contributed by atoms with Crippen LogP contribution in [0.25, 0.3) is 48.8 Å². The van der Waals surface area contributed by atoms with E-state index in [2.05, 4.69) is 13.8 Å². The molecule has 0 spiro atoms. The molecule has 0 aliphatic heterocycles. The van der Waals surface area contributed by atoms with Gasteiger partial charge >= 0.3 is 0 Å². The van der Waals surface area contributed by atoms with Gasteiger partial charge in [-0.25, -0.2) is 4.57 Å². The number of fused-ring (bicyclic) bond motifs is 7. The minimum Gasteiger partial charge on any atom is -0.277 e. The van der Waals surface area contributed by atoms with Gasteiger partial charge in [-0.3, -0.25) is 37.9 Å². The molecule has 3 aromatic heterocycles. The lowest BCUT2D eigenvalue weighted by molar-refractivity contribution is 0.854. The van der Waals surface area contributed by atoms with Gasteiger partial charge in [0.1, 0.15) is 0 Å². The molecule has 0 aliphatic carbocycles. The first-order chi connectivity index (χ1) is 17.0. The Morgan fingerprint density at radius 2 is 0.917 bits per heavy atom. The van der Waals surface area contributed by atoms with Gasteiger partial charge in [0.15, 0.2) is 0 Å². The van der Waals surface area contributed by atoms with Gasteiger partial charge < -0.3 is 0 Å². The van der Waals surface area contributed by atoms with E-state index in [4.69, 9.17) is 0 Å². The van der Waals surface area contributed by atoms with E-state index in [-0.39, 0.29) is 38.0 Å². The lowest BCUT2D eigenvalue weighted by Crippen LogP contribution is -2.24. The number of rotatable bonds is 2. The standard InChI is InChI=1S/C27H19N3O6/c1-11(2)12-5-6-14-10-15(8-7-13(14)9-12)30-26(35)20-18-16(22(31)28(3)24(18)33)17-19(21(20)27(30)36)25(34)29(4)23(17)32/h5-11H,1-4H3. The molecular weight excluding hydrogens is 462 g/mol. The maximum absolute atomic E-state index is 13.7. The largest absolute Gasteiger partial charge is 0.277 e. The van der Waals surface area contributed by atoms with Crippen LogP contribution >= 0.6 is 0 Å². The summed E-state index contributed by atoms with van der Waals surface area (Å²) in [5, 5.41) is -0.143. The van der Waals surface area contributed by atoms with Crippen molar-refractivity contribution in [3.05, 3.63) is 104 Å². The van der Waals surface area contributed by atoms with Gasteiger partial charge in [-0.15, -0.1) is 0 Å². The van der Waals surface area contributed by atoms with Crippen molar-refractivity contribution in [3.8, 4) is 5.69 Å². The summed E-state index contributed by atoms with van der Waals surface area (Å²) < 4.78 is 2.46. The van der Waals surface area contributed by atoms with Crippen LogP contribution in [0.4, 0.5) is 0 Å². The van der Waals surface area contributed by atoms with Gasteiger partial charge in [0.05, 0.1) is 38.0 Å². The normalized spacial score (nSPS) is 12.2. The molecule has 0 aliphatic rings. The Kier molecular flexibility index (Phi) is 4.21. The van der Waals surface area contributed by atoms with Crippen molar-refractivity contribution in [2.75, 3.05) is 0 Å². The SMILES string of the molecule is CC(C)c1ccc2cc(-n3c(=O)c4c5c(=O)n(C)c(=O)c5c5c(=O)n(C)c(=O)c5c4c3=O)ccc2c1. The average molecular weight is 481 g/mol. The van der Waals surface area contributed by atoms with Crippen LogP contribution in [-0.2, 0) is 14.1 Å². The van der Waals surface area contributed by atoms with Gasteiger partial charge in [-0.1, -0.05) is 38.1 Å². The Morgan fingerprint density at radius 1 is 0.528 bits per heavy atom. The number of nitrogens with zero attached hydrogens (tertiary/aromatic N) is 3. The number of hydrogen-bond donors (Lipinski definition) is 0. The van der Waals surface area contributed by atoms with Crippen LogP contribution in [0.2, 0.25) is 0 Å². The first-order valence-electron chi connectivity index (χ1n) is 11.4. The summed E-state index contributed by atoms with van der Waals surface area (Å²) in [6.45, 7) is 4.16. The van der Waals surface area contributed by atoms with E-state index in [1.807, 2.05) is 18.2 Å². The van der Waals surface area contributed by atoms with Gasteiger partial charge in [0.2, 0.25) is 0 Å². The molecule has 3 heterocycles. The molecule has 36 heavy (non-hydrogen) atoms. The maximum atomic E-state index is 13.7. The summed E-state index contributed by atoms with van der Waals surface area (Å²) in [5.41, 5.74) is -3.44. The van der Waals surface area contributed by atoms with E-state index in [9.17, 15) is 28.8 Å². The van der Waals surface area contributed by atoms with Crippen LogP contribution in [-0.4, -0.2) is 13.7 Å². The molecule has 3 aromatic carbocycles. The molecule has 0 saturated heterocycles. The minimum absolute atomic E-state index is 0.253. The molecule has 0 fully saturated rings. The van der Waals surface area contributed by atoms with E-state index in [1.54, 1.807) is 18.2 Å². The topological polar surface area (TPSA) is 117 Å². The first kappa shape index (κ1) is 21.8. The van der Waals surface area contributed by atoms with Crippen molar-refractivity contribution < 1.29 is 0 Å². The molecule has 0 atom stereocenters. The Bertz CT molecular complexity index is 2160. The summed E-state index contributed by atoms with van der Waals surface area (Å²) in [7, 11) is 2.45. The van der Waals surface area contributed by atoms with Crippen molar-refractivity contribution in [1.82, 2.24) is 13.7 Å². The molecule has 178 valence electrons. The van der Waals surface area contributed by atoms with Gasteiger partial charge in [-0.05, 0) is 34.4 Å². The van der Waals surface area contributed by atoms with Gasteiger partial charge in [0, 0.05) is 14.1 Å². The number of benzene rings is 3. The summed E-state index contributed by atoms with van der Waals surface area (Å²) in [6.07, 6.45) is 0. The Labute approximate surface area is 200 Å². The quantitative estimate of drug-likeness (QED) is 0.369. The third-order valence-electron chi connectivity index (χ3n) is 7.18. The lowest BCUT2D eigenvalue weighted by atomic mass is 9.99. The smallest absolute Gasteiger partial charge is 0.267 e. The molecule has 0 radical (unpaired) electrons. The molecule has 9 heteroatoms. The predicted molar refractivity (Wildman–Crippen MR) is 139 cm³/mol. The fourth-order valence-corrected chi connectivity index (χ4v) is 5.19. The van der Waals surface area contributed by atoms with Crippen molar-refractivity contribution >= 4 is 43.1 Å². The molecule has 0 bridgehead atoms. The van der Waals surface area contributed by atoms with Gasteiger partial charge in [-0.2, -0.15) is 0 Å². The zero-order valence-electron chi connectivity index (χ0n) is 19.8. The molecular formula is C27H19N3O6. The van der Waals surface area contributed by atoms with Crippen LogP contribution in [0.3, 0.4) is 0 Å². The van der Waals surface area contributed by atoms with Gasteiger partial charge in [0.25, 0.3) is 33.4 Å². The fraction of sp³-hybridized carbons (Fsp3) is 0.185. The van der Waals surface area contributed by atoms with Crippen LogP contribution < -0.4 is 33.4 Å². The van der Waals surface area contributed by atoms with E-state index < -0.39 is 33.4 Å². The third-order valence-corrected chi connectivity index (χ3v) is 7.18. The summed E-state index contributed by atoms with van der Waals surface area (Å²) in [5.74, 6) is 0.325. The minimum atomic E-state index is -0.821. The monoisotopic (exact) mass is 481 g/mol. The Balaban J connectivity index is 1.84. The highest BCUT2D eigenvalue weighted by Gasteiger charge is 2.30. The zero-order valence-corrected chi connectivity index (χ0v) is 19.8. The second-order valence-corrected chi connectivity index (χ2v) is 9.48. The fourth-order valence-electron chi connectivity index (χ4n) is 5.19. The molecule has 0 unspecified atom stereocenters. The summed E-state index contributed by atoms with van der Waals surface area (Å²) >= 11 is 0. The molecule has 0 saturated carbocycles. The van der Waals surface area contributed by atoms with Crippen LogP contribution in [0.5, 0.6) is 0 Å². The van der Waals surface area contributed by atoms with E-state index in [0.29, 0.717) is 5.92 Å². The molecule has 0 amide bonds. The highest BCUT2D eigenvalue weighted by Crippen LogP contribution is 2.27. The maximum Gasteiger partial charge on any atom is 0.267 e. The van der Waals surface area contributed by atoms with Crippen molar-refractivity contribution in [3.63, 3.8) is 0 Å². The number of hydrogen-bond acceptors (Lipinski definition) is 6. The van der Waals surface area contributed by atoms with Crippen molar-refractivity contribution in [1.29, 1.82) is 0 Å².